The van der Waals surface area contributed by atoms with E-state index in [9.17, 15) is 44.0 Å². The Kier molecular flexibility index (Phi) is 15.5. The van der Waals surface area contributed by atoms with Crippen molar-refractivity contribution in [3.8, 4) is 11.5 Å². The molecule has 62 heavy (non-hydrogen) atoms. The van der Waals surface area contributed by atoms with Gasteiger partial charge in [0, 0.05) is 36.6 Å². The third kappa shape index (κ3) is 11.8. The summed E-state index contributed by atoms with van der Waals surface area (Å²) in [5, 5.41) is 0. The van der Waals surface area contributed by atoms with Crippen LogP contribution in [0.2, 0.25) is 0 Å². The van der Waals surface area contributed by atoms with Crippen molar-refractivity contribution in [1.82, 2.24) is 0 Å². The molecule has 0 fully saturated rings. The van der Waals surface area contributed by atoms with Gasteiger partial charge in [-0.25, -0.2) is 34.4 Å². The lowest BCUT2D eigenvalue weighted by atomic mass is 9.99. The Morgan fingerprint density at radius 3 is 1.18 bits per heavy atom. The number of amides is 2. The molecule has 0 saturated heterocycles. The van der Waals surface area contributed by atoms with Gasteiger partial charge in [0.1, 0.15) is 34.8 Å². The molecule has 0 heterocycles. The maximum Gasteiger partial charge on any atom is 0.231 e. The summed E-state index contributed by atoms with van der Waals surface area (Å²) >= 11 is 0. The lowest BCUT2D eigenvalue weighted by molar-refractivity contribution is -0.122. The Bertz CT molecular complexity index is 2420. The molecule has 0 N–H and O–H groups in total. The molecule has 5 aromatic rings. The molecular formula is C46H44F4N2O8S2. The average molecular weight is 893 g/mol. The molecule has 0 spiro atoms. The first-order chi connectivity index (χ1) is 29.5. The third-order valence-corrected chi connectivity index (χ3v) is 13.7. The van der Waals surface area contributed by atoms with Crippen molar-refractivity contribution in [2.24, 2.45) is 11.8 Å². The molecule has 0 aliphatic rings. The van der Waals surface area contributed by atoms with E-state index in [2.05, 4.69) is 13.2 Å². The summed E-state index contributed by atoms with van der Waals surface area (Å²) in [5.41, 5.74) is 0.559. The van der Waals surface area contributed by atoms with Crippen LogP contribution in [-0.4, -0.2) is 67.5 Å². The second-order valence-corrected chi connectivity index (χ2v) is 18.2. The van der Waals surface area contributed by atoms with Crippen LogP contribution in [0, 0.1) is 35.1 Å². The summed E-state index contributed by atoms with van der Waals surface area (Å²) in [6.45, 7) is 7.21. The Morgan fingerprint density at radius 1 is 0.565 bits per heavy atom. The highest BCUT2D eigenvalue weighted by Gasteiger charge is 2.37. The van der Waals surface area contributed by atoms with Gasteiger partial charge in [0.15, 0.2) is 19.7 Å². The molecule has 0 aliphatic carbocycles. The zero-order chi connectivity index (χ0) is 45.2. The van der Waals surface area contributed by atoms with Crippen LogP contribution in [0.3, 0.4) is 0 Å². The van der Waals surface area contributed by atoms with E-state index in [1.54, 1.807) is 48.5 Å². The van der Waals surface area contributed by atoms with Crippen LogP contribution >= 0.6 is 0 Å². The maximum absolute atomic E-state index is 14.6. The number of hydrogen-bond donors (Lipinski definition) is 0. The molecule has 0 saturated carbocycles. The predicted octanol–water partition coefficient (Wildman–Crippen LogP) is 7.96. The number of anilines is 2. The number of benzene rings is 5. The normalized spacial score (nSPS) is 12.5. The molecule has 5 aromatic carbocycles. The summed E-state index contributed by atoms with van der Waals surface area (Å²) in [6, 6.07) is 22.2. The molecule has 2 atom stereocenters. The van der Waals surface area contributed by atoms with Gasteiger partial charge >= 0.3 is 0 Å². The van der Waals surface area contributed by atoms with E-state index in [4.69, 9.17) is 9.47 Å². The number of halogens is 4. The van der Waals surface area contributed by atoms with Crippen LogP contribution in [0.1, 0.15) is 11.1 Å². The maximum atomic E-state index is 14.6. The van der Waals surface area contributed by atoms with E-state index >= 15 is 0 Å². The first-order valence-corrected chi connectivity index (χ1v) is 22.4. The van der Waals surface area contributed by atoms with Gasteiger partial charge in [-0.3, -0.25) is 9.59 Å². The fourth-order valence-electron chi connectivity index (χ4n) is 7.00. The zero-order valence-electron chi connectivity index (χ0n) is 33.8. The van der Waals surface area contributed by atoms with Crippen molar-refractivity contribution in [3.05, 3.63) is 169 Å². The Morgan fingerprint density at radius 2 is 0.887 bits per heavy atom. The van der Waals surface area contributed by atoms with Crippen molar-refractivity contribution in [1.29, 1.82) is 0 Å². The Labute approximate surface area is 358 Å². The van der Waals surface area contributed by atoms with Crippen LogP contribution in [0.25, 0.3) is 0 Å². The topological polar surface area (TPSA) is 127 Å². The molecule has 0 radical (unpaired) electrons. The second kappa shape index (κ2) is 20.5. The third-order valence-electron chi connectivity index (χ3n) is 9.79. The standard InChI is InChI=1S/C46H44F4N2O8S2/c1-5-19-51(39-11-15-41(59-3)16-12-39)45(53)33(21-31-23-35(47)27-36(48)24-31)29-61(55,56)43-9-7-8-10-44(43)62(57,58)30-34(22-32-25-37(49)28-38(50)26-32)46(54)52(20-6-2)40-13-17-42(60-4)18-14-40/h5-18,23-28,33-34H,1-2,19-22,29-30H2,3-4H3/t33-,34-/m1/s1. The van der Waals surface area contributed by atoms with E-state index in [-0.39, 0.29) is 24.2 Å². The largest absolute Gasteiger partial charge is 0.497 e. The molecular weight excluding hydrogens is 849 g/mol. The Hall–Kier alpha value is -6.26. The van der Waals surface area contributed by atoms with Gasteiger partial charge in [-0.15, -0.1) is 13.2 Å². The van der Waals surface area contributed by atoms with Crippen molar-refractivity contribution in [3.63, 3.8) is 0 Å². The van der Waals surface area contributed by atoms with Gasteiger partial charge in [0.2, 0.25) is 11.8 Å². The minimum absolute atomic E-state index is 0.0404. The SMILES string of the molecule is C=CCN(C(=O)[C@H](Cc1cc(F)cc(F)c1)CS(=O)(=O)c1ccccc1S(=O)(=O)C[C@@H](Cc1cc(F)cc(F)c1)C(=O)N(CC=C)c1ccc(OC)cc1)c1ccc(OC)cc1. The number of carbonyl (C=O) groups is 2. The van der Waals surface area contributed by atoms with Gasteiger partial charge in [-0.2, -0.15) is 0 Å². The monoisotopic (exact) mass is 892 g/mol. The fourth-order valence-corrected chi connectivity index (χ4v) is 11.0. The average Bonchev–Trinajstić information content (AvgIpc) is 3.23. The van der Waals surface area contributed by atoms with Crippen molar-refractivity contribution >= 4 is 42.9 Å². The first-order valence-electron chi connectivity index (χ1n) is 19.1. The molecule has 326 valence electrons. The fraction of sp³-hybridized carbons (Fsp3) is 0.217. The van der Waals surface area contributed by atoms with Gasteiger partial charge in [0.25, 0.3) is 0 Å². The van der Waals surface area contributed by atoms with Gasteiger partial charge in [-0.1, -0.05) is 24.3 Å². The number of carbonyl (C=O) groups excluding carboxylic acids is 2. The highest BCUT2D eigenvalue weighted by molar-refractivity contribution is 7.94. The van der Waals surface area contributed by atoms with Crippen LogP contribution < -0.4 is 19.3 Å². The van der Waals surface area contributed by atoms with Gasteiger partial charge < -0.3 is 19.3 Å². The van der Waals surface area contributed by atoms with Crippen LogP contribution in [0.4, 0.5) is 28.9 Å². The number of hydrogen-bond acceptors (Lipinski definition) is 8. The minimum Gasteiger partial charge on any atom is -0.497 e. The molecule has 10 nitrogen and oxygen atoms in total. The quantitative estimate of drug-likeness (QED) is 0.0569. The van der Waals surface area contributed by atoms with Crippen LogP contribution in [-0.2, 0) is 42.1 Å². The Balaban J connectivity index is 1.57. The first kappa shape index (κ1) is 46.8. The number of methoxy groups -OCH3 is 2. The summed E-state index contributed by atoms with van der Waals surface area (Å²) in [4.78, 5) is 29.9. The van der Waals surface area contributed by atoms with E-state index in [1.165, 1.54) is 48.3 Å². The minimum atomic E-state index is -4.78. The highest BCUT2D eigenvalue weighted by Crippen LogP contribution is 2.31. The molecule has 5 rings (SSSR count). The number of rotatable bonds is 20. The second-order valence-electron chi connectivity index (χ2n) is 14.2. The van der Waals surface area contributed by atoms with Crippen LogP contribution in [0.5, 0.6) is 11.5 Å². The smallest absolute Gasteiger partial charge is 0.231 e. The summed E-state index contributed by atoms with van der Waals surface area (Å²) in [6.07, 6.45) is 1.85. The lowest BCUT2D eigenvalue weighted by Crippen LogP contribution is -2.41. The van der Waals surface area contributed by atoms with E-state index < -0.39 is 101 Å². The lowest BCUT2D eigenvalue weighted by Gasteiger charge is -2.28. The van der Waals surface area contributed by atoms with E-state index in [1.807, 2.05) is 0 Å². The van der Waals surface area contributed by atoms with Gasteiger partial charge in [0.05, 0.1) is 47.4 Å². The summed E-state index contributed by atoms with van der Waals surface area (Å²) < 4.78 is 126. The molecule has 0 aliphatic heterocycles. The van der Waals surface area contributed by atoms with Crippen molar-refractivity contribution in [2.45, 2.75) is 22.6 Å². The molecule has 16 heteroatoms. The molecule has 0 unspecified atom stereocenters. The number of sulfone groups is 2. The molecule has 0 bridgehead atoms. The van der Waals surface area contributed by atoms with Crippen molar-refractivity contribution < 1.29 is 53.5 Å². The van der Waals surface area contributed by atoms with Gasteiger partial charge in [-0.05, 0) is 109 Å². The highest BCUT2D eigenvalue weighted by atomic mass is 32.2. The number of ether oxygens (including phenoxy) is 2. The molecule has 0 aromatic heterocycles. The number of nitrogens with zero attached hydrogens (tertiary/aromatic N) is 2. The zero-order valence-corrected chi connectivity index (χ0v) is 35.5. The van der Waals surface area contributed by atoms with Crippen molar-refractivity contribution in [2.75, 3.05) is 48.6 Å². The summed E-state index contributed by atoms with van der Waals surface area (Å²) in [7, 11) is -6.67. The van der Waals surface area contributed by atoms with Crippen LogP contribution in [0.15, 0.2) is 144 Å². The summed E-state index contributed by atoms with van der Waals surface area (Å²) in [5.74, 6) is -9.59. The molecule has 2 amide bonds. The van der Waals surface area contributed by atoms with E-state index in [0.717, 1.165) is 36.4 Å². The van der Waals surface area contributed by atoms with E-state index in [0.29, 0.717) is 35.0 Å². The predicted molar refractivity (Wildman–Crippen MR) is 229 cm³/mol.